The summed E-state index contributed by atoms with van der Waals surface area (Å²) in [5.74, 6) is -1.16. The first-order valence-electron chi connectivity index (χ1n) is 9.60. The summed E-state index contributed by atoms with van der Waals surface area (Å²) in [5.41, 5.74) is 4.25. The van der Waals surface area contributed by atoms with E-state index in [9.17, 15) is 13.6 Å². The monoisotopic (exact) mass is 422 g/mol. The van der Waals surface area contributed by atoms with Crippen LogP contribution in [0.5, 0.6) is 0 Å². The van der Waals surface area contributed by atoms with Crippen molar-refractivity contribution in [3.8, 4) is 0 Å². The van der Waals surface area contributed by atoms with Gasteiger partial charge in [-0.3, -0.25) is 4.79 Å². The van der Waals surface area contributed by atoms with Gasteiger partial charge >= 0.3 is 0 Å². The van der Waals surface area contributed by atoms with Crippen molar-refractivity contribution >= 4 is 34.1 Å². The number of nitrogens with one attached hydrogen (secondary N) is 1. The lowest BCUT2D eigenvalue weighted by Gasteiger charge is -2.15. The second-order valence-electron chi connectivity index (χ2n) is 7.52. The lowest BCUT2D eigenvalue weighted by atomic mass is 9.88. The first kappa shape index (κ1) is 18.8. The fourth-order valence-corrected chi connectivity index (χ4v) is 4.43. The van der Waals surface area contributed by atoms with Crippen LogP contribution in [0, 0.1) is 11.6 Å². The van der Waals surface area contributed by atoms with Gasteiger partial charge in [0.2, 0.25) is 5.91 Å². The molecule has 1 aromatic heterocycles. The minimum atomic E-state index is -0.493. The lowest BCUT2D eigenvalue weighted by Crippen LogP contribution is -2.14. The fraction of sp³-hybridized carbons (Fsp3) is 0.125. The van der Waals surface area contributed by atoms with Crippen LogP contribution in [0.1, 0.15) is 29.0 Å². The zero-order valence-electron chi connectivity index (χ0n) is 15.8. The third-order valence-electron chi connectivity index (χ3n) is 5.56. The number of carbonyl (C=O) groups excluding carboxylic acids is 1. The first-order chi connectivity index (χ1) is 14.5. The molecular formula is C24H17ClF2N2O. The van der Waals surface area contributed by atoms with E-state index in [-0.39, 0.29) is 29.1 Å². The van der Waals surface area contributed by atoms with Crippen LogP contribution in [0.25, 0.3) is 10.9 Å². The minimum absolute atomic E-state index is 0.0286. The molecule has 3 aromatic carbocycles. The summed E-state index contributed by atoms with van der Waals surface area (Å²) in [6.45, 7) is 0.489. The van der Waals surface area contributed by atoms with Gasteiger partial charge in [0.25, 0.3) is 0 Å². The van der Waals surface area contributed by atoms with E-state index < -0.39 is 5.82 Å². The van der Waals surface area contributed by atoms with Crippen LogP contribution < -0.4 is 5.32 Å². The Morgan fingerprint density at radius 2 is 1.90 bits per heavy atom. The third-order valence-corrected chi connectivity index (χ3v) is 5.85. The molecule has 0 saturated heterocycles. The molecule has 3 nitrogen and oxygen atoms in total. The minimum Gasteiger partial charge on any atom is -0.343 e. The number of carbonyl (C=O) groups is 1. The number of nitrogens with zero attached hydrogens (tertiary/aromatic N) is 1. The normalized spacial score (nSPS) is 15.8. The van der Waals surface area contributed by atoms with Crippen molar-refractivity contribution in [1.82, 2.24) is 4.57 Å². The average Bonchev–Trinajstić information content (AvgIpc) is 3.00. The maximum atomic E-state index is 13.7. The Bertz CT molecular complexity index is 1300. The van der Waals surface area contributed by atoms with Gasteiger partial charge in [-0.1, -0.05) is 35.9 Å². The molecule has 0 bridgehead atoms. The zero-order chi connectivity index (χ0) is 20.8. The molecule has 0 spiro atoms. The molecule has 150 valence electrons. The van der Waals surface area contributed by atoms with E-state index in [4.69, 9.17) is 11.6 Å². The van der Waals surface area contributed by atoms with Crippen LogP contribution >= 0.6 is 11.6 Å². The summed E-state index contributed by atoms with van der Waals surface area (Å²) in [6.07, 6.45) is 2.22. The van der Waals surface area contributed by atoms with Crippen molar-refractivity contribution < 1.29 is 13.6 Å². The van der Waals surface area contributed by atoms with E-state index in [1.54, 1.807) is 18.2 Å². The second kappa shape index (κ2) is 7.26. The number of amides is 1. The lowest BCUT2D eigenvalue weighted by molar-refractivity contribution is -0.116. The predicted molar refractivity (Wildman–Crippen MR) is 114 cm³/mol. The summed E-state index contributed by atoms with van der Waals surface area (Å²) in [7, 11) is 0. The molecule has 1 aliphatic heterocycles. The summed E-state index contributed by atoms with van der Waals surface area (Å²) in [4.78, 5) is 12.6. The number of anilines is 1. The van der Waals surface area contributed by atoms with Gasteiger partial charge < -0.3 is 9.88 Å². The Morgan fingerprint density at radius 1 is 1.07 bits per heavy atom. The van der Waals surface area contributed by atoms with Crippen molar-refractivity contribution in [2.24, 2.45) is 0 Å². The highest BCUT2D eigenvalue weighted by molar-refractivity contribution is 6.30. The van der Waals surface area contributed by atoms with Gasteiger partial charge in [-0.15, -0.1) is 0 Å². The van der Waals surface area contributed by atoms with Crippen molar-refractivity contribution in [1.29, 1.82) is 0 Å². The largest absolute Gasteiger partial charge is 0.343 e. The molecule has 6 heteroatoms. The van der Waals surface area contributed by atoms with Gasteiger partial charge in [-0.05, 0) is 53.1 Å². The summed E-state index contributed by atoms with van der Waals surface area (Å²) in [5, 5.41) is 3.94. The smallest absolute Gasteiger partial charge is 0.225 e. The van der Waals surface area contributed by atoms with Crippen molar-refractivity contribution in [3.63, 3.8) is 0 Å². The maximum Gasteiger partial charge on any atom is 0.225 e. The van der Waals surface area contributed by atoms with Crippen LogP contribution in [0.15, 0.2) is 66.9 Å². The maximum absolute atomic E-state index is 13.7. The van der Waals surface area contributed by atoms with Gasteiger partial charge in [0, 0.05) is 30.5 Å². The molecular weight excluding hydrogens is 406 g/mol. The van der Waals surface area contributed by atoms with Crippen LogP contribution in [-0.2, 0) is 11.3 Å². The highest BCUT2D eigenvalue weighted by atomic mass is 35.5. The van der Waals surface area contributed by atoms with Crippen LogP contribution in [0.4, 0.5) is 14.5 Å². The molecule has 0 radical (unpaired) electrons. The third kappa shape index (κ3) is 3.25. The van der Waals surface area contributed by atoms with E-state index in [1.807, 2.05) is 30.5 Å². The molecule has 30 heavy (non-hydrogen) atoms. The zero-order valence-corrected chi connectivity index (χ0v) is 16.6. The molecule has 0 fully saturated rings. The quantitative estimate of drug-likeness (QED) is 0.425. The number of aromatic nitrogens is 1. The first-order valence-corrected chi connectivity index (χ1v) is 9.98. The molecule has 1 aliphatic rings. The summed E-state index contributed by atoms with van der Waals surface area (Å²) in [6, 6.07) is 16.8. The Kier molecular flexibility index (Phi) is 4.55. The van der Waals surface area contributed by atoms with Crippen molar-refractivity contribution in [2.45, 2.75) is 18.9 Å². The van der Waals surface area contributed by atoms with Crippen molar-refractivity contribution in [3.05, 3.63) is 100 Å². The highest BCUT2D eigenvalue weighted by Crippen LogP contribution is 2.41. The topological polar surface area (TPSA) is 34.0 Å². The SMILES string of the molecule is O=C1C[C@H](c2ccc(F)c(Cl)c2)c2cn(Cc3cccc(F)c3)c3cccc(c23)N1. The molecule has 4 aromatic rings. The molecule has 5 rings (SSSR count). The van der Waals surface area contributed by atoms with E-state index in [0.717, 1.165) is 33.3 Å². The second-order valence-corrected chi connectivity index (χ2v) is 7.93. The molecule has 0 saturated carbocycles. The Hall–Kier alpha value is -3.18. The standard InChI is InChI=1S/C24H17ClF2N2O/c25-19-10-15(7-8-20(19)27)17-11-23(30)28-21-5-2-6-22-24(21)18(17)13-29(22)12-14-3-1-4-16(26)9-14/h1-10,13,17H,11-12H2,(H,28,30)/t17-/m1/s1. The molecule has 1 amide bonds. The van der Waals surface area contributed by atoms with E-state index >= 15 is 0 Å². The van der Waals surface area contributed by atoms with Gasteiger partial charge in [-0.25, -0.2) is 8.78 Å². The van der Waals surface area contributed by atoms with Crippen molar-refractivity contribution in [2.75, 3.05) is 5.32 Å². The number of rotatable bonds is 3. The number of hydrogen-bond donors (Lipinski definition) is 1. The fourth-order valence-electron chi connectivity index (χ4n) is 4.24. The average molecular weight is 423 g/mol. The molecule has 0 aliphatic carbocycles. The predicted octanol–water partition coefficient (Wildman–Crippen LogP) is 6.10. The van der Waals surface area contributed by atoms with Crippen LogP contribution in [0.3, 0.4) is 0 Å². The van der Waals surface area contributed by atoms with E-state index in [1.165, 1.54) is 18.2 Å². The van der Waals surface area contributed by atoms with E-state index in [0.29, 0.717) is 6.54 Å². The van der Waals surface area contributed by atoms with Gasteiger partial charge in [-0.2, -0.15) is 0 Å². The molecule has 2 heterocycles. The Balaban J connectivity index is 1.69. The van der Waals surface area contributed by atoms with Crippen LogP contribution in [-0.4, -0.2) is 10.5 Å². The van der Waals surface area contributed by atoms with Crippen LogP contribution in [0.2, 0.25) is 5.02 Å². The number of halogens is 3. The molecule has 0 unspecified atom stereocenters. The highest BCUT2D eigenvalue weighted by Gasteiger charge is 2.28. The van der Waals surface area contributed by atoms with Gasteiger partial charge in [0.15, 0.2) is 0 Å². The summed E-state index contributed by atoms with van der Waals surface area (Å²) >= 11 is 6.02. The Labute approximate surface area is 176 Å². The summed E-state index contributed by atoms with van der Waals surface area (Å²) < 4.78 is 29.5. The molecule has 1 N–H and O–H groups in total. The Morgan fingerprint density at radius 3 is 2.70 bits per heavy atom. The molecule has 1 atom stereocenters. The van der Waals surface area contributed by atoms with Gasteiger partial charge in [0.05, 0.1) is 16.2 Å². The van der Waals surface area contributed by atoms with E-state index in [2.05, 4.69) is 9.88 Å². The number of hydrogen-bond acceptors (Lipinski definition) is 1. The van der Waals surface area contributed by atoms with Gasteiger partial charge in [0.1, 0.15) is 11.6 Å². The number of benzene rings is 3.